The van der Waals surface area contributed by atoms with Crippen molar-refractivity contribution in [3.63, 3.8) is 0 Å². The Morgan fingerprint density at radius 3 is 2.76 bits per heavy atom. The Hall–Kier alpha value is -0.850. The zero-order valence-electron chi connectivity index (χ0n) is 12.3. The molecule has 2 atom stereocenters. The second kappa shape index (κ2) is 9.23. The number of carbonyl (C=O) groups excluding carboxylic acids is 2. The maximum atomic E-state index is 11.9. The van der Waals surface area contributed by atoms with Crippen molar-refractivity contribution in [2.75, 3.05) is 32.7 Å². The van der Waals surface area contributed by atoms with Gasteiger partial charge in [0.1, 0.15) is 0 Å². The molecule has 0 aliphatic carbocycles. The summed E-state index contributed by atoms with van der Waals surface area (Å²) in [4.78, 5) is 25.5. The molecule has 2 heterocycles. The smallest absolute Gasteiger partial charge is 0.239 e. The highest BCUT2D eigenvalue weighted by molar-refractivity contribution is 5.85. The van der Waals surface area contributed by atoms with Gasteiger partial charge in [0.15, 0.2) is 0 Å². The Kier molecular flexibility index (Phi) is 8.00. The number of carbonyl (C=O) groups is 2. The van der Waals surface area contributed by atoms with Gasteiger partial charge in [-0.25, -0.2) is 0 Å². The van der Waals surface area contributed by atoms with Gasteiger partial charge in [0.2, 0.25) is 11.8 Å². The van der Waals surface area contributed by atoms with Gasteiger partial charge in [-0.05, 0) is 12.8 Å². The van der Waals surface area contributed by atoms with E-state index in [2.05, 4.69) is 10.6 Å². The normalized spacial score (nSPS) is 26.7. The fourth-order valence-corrected chi connectivity index (χ4v) is 2.78. The molecule has 2 fully saturated rings. The molecule has 2 amide bonds. The molecule has 2 rings (SSSR count). The first-order chi connectivity index (χ1) is 9.66. The van der Waals surface area contributed by atoms with E-state index in [0.717, 1.165) is 32.2 Å². The van der Waals surface area contributed by atoms with Crippen molar-refractivity contribution in [2.45, 2.75) is 38.2 Å². The first-order valence-corrected chi connectivity index (χ1v) is 7.60. The maximum absolute atomic E-state index is 11.9. The summed E-state index contributed by atoms with van der Waals surface area (Å²) in [6.07, 6.45) is 4.31. The molecule has 122 valence electrons. The molecule has 0 aromatic carbocycles. The Morgan fingerprint density at radius 1 is 1.29 bits per heavy atom. The number of β-amino-alcohol motifs (C(OH)–C–C–N with tert-alkyl or cyclic N) is 1. The standard InChI is InChI=1S/C14H25N3O3.ClH/c18-12-9-15-7-11(12)8-16-13(19)10-17-6-4-2-1-3-5-14(17)20;/h11-12,15,18H,1-10H2,(H,16,19);1H. The predicted octanol–water partition coefficient (Wildman–Crippen LogP) is -0.103. The van der Waals surface area contributed by atoms with Crippen LogP contribution < -0.4 is 10.6 Å². The summed E-state index contributed by atoms with van der Waals surface area (Å²) in [7, 11) is 0. The molecule has 0 aromatic rings. The van der Waals surface area contributed by atoms with E-state index in [0.29, 0.717) is 26.1 Å². The van der Waals surface area contributed by atoms with Gasteiger partial charge < -0.3 is 20.6 Å². The molecule has 0 aromatic heterocycles. The van der Waals surface area contributed by atoms with Gasteiger partial charge in [0.25, 0.3) is 0 Å². The molecule has 21 heavy (non-hydrogen) atoms. The van der Waals surface area contributed by atoms with Crippen LogP contribution in [0.2, 0.25) is 0 Å². The number of aliphatic hydroxyl groups excluding tert-OH is 1. The second-order valence-corrected chi connectivity index (χ2v) is 5.77. The number of hydrogen-bond donors (Lipinski definition) is 3. The van der Waals surface area contributed by atoms with Crippen LogP contribution in [0.1, 0.15) is 32.1 Å². The Bertz CT molecular complexity index is 354. The summed E-state index contributed by atoms with van der Waals surface area (Å²) < 4.78 is 0. The highest BCUT2D eigenvalue weighted by Gasteiger charge is 2.25. The quantitative estimate of drug-likeness (QED) is 0.676. The van der Waals surface area contributed by atoms with Crippen molar-refractivity contribution in [3.05, 3.63) is 0 Å². The average Bonchev–Trinajstić information content (AvgIpc) is 2.82. The Labute approximate surface area is 132 Å². The summed E-state index contributed by atoms with van der Waals surface area (Å²) in [6, 6.07) is 0. The van der Waals surface area contributed by atoms with Crippen molar-refractivity contribution in [1.29, 1.82) is 0 Å². The van der Waals surface area contributed by atoms with Crippen LogP contribution in [0.4, 0.5) is 0 Å². The first-order valence-electron chi connectivity index (χ1n) is 7.60. The van der Waals surface area contributed by atoms with Crippen molar-refractivity contribution >= 4 is 24.2 Å². The van der Waals surface area contributed by atoms with E-state index in [1.807, 2.05) is 0 Å². The van der Waals surface area contributed by atoms with Crippen LogP contribution in [0.5, 0.6) is 0 Å². The molecule has 3 N–H and O–H groups in total. The van der Waals surface area contributed by atoms with Crippen LogP contribution in [0.3, 0.4) is 0 Å². The number of aliphatic hydroxyl groups is 1. The lowest BCUT2D eigenvalue weighted by Crippen LogP contribution is -2.43. The molecular formula is C14H26ClN3O3. The van der Waals surface area contributed by atoms with Crippen LogP contribution in [0, 0.1) is 5.92 Å². The van der Waals surface area contributed by atoms with Crippen LogP contribution >= 0.6 is 12.4 Å². The fraction of sp³-hybridized carbons (Fsp3) is 0.857. The number of likely N-dealkylation sites (tertiary alicyclic amines) is 1. The van der Waals surface area contributed by atoms with Crippen LogP contribution in [0.25, 0.3) is 0 Å². The number of rotatable bonds is 4. The third kappa shape index (κ3) is 5.80. The van der Waals surface area contributed by atoms with Crippen LogP contribution in [-0.2, 0) is 9.59 Å². The van der Waals surface area contributed by atoms with E-state index in [-0.39, 0.29) is 36.7 Å². The molecule has 6 nitrogen and oxygen atoms in total. The highest BCUT2D eigenvalue weighted by Crippen LogP contribution is 2.11. The number of nitrogens with zero attached hydrogens (tertiary/aromatic N) is 1. The minimum absolute atomic E-state index is 0. The molecule has 0 radical (unpaired) electrons. The van der Waals surface area contributed by atoms with E-state index < -0.39 is 6.10 Å². The number of nitrogens with one attached hydrogen (secondary N) is 2. The monoisotopic (exact) mass is 319 g/mol. The summed E-state index contributed by atoms with van der Waals surface area (Å²) in [5, 5.41) is 15.6. The topological polar surface area (TPSA) is 81.7 Å². The average molecular weight is 320 g/mol. The molecule has 2 unspecified atom stereocenters. The predicted molar refractivity (Wildman–Crippen MR) is 82.3 cm³/mol. The molecule has 2 saturated heterocycles. The fourth-order valence-electron chi connectivity index (χ4n) is 2.78. The van der Waals surface area contributed by atoms with Gasteiger partial charge in [-0.3, -0.25) is 9.59 Å². The lowest BCUT2D eigenvalue weighted by atomic mass is 10.1. The molecular weight excluding hydrogens is 294 g/mol. The number of halogens is 1. The van der Waals surface area contributed by atoms with Gasteiger partial charge in [-0.15, -0.1) is 12.4 Å². The summed E-state index contributed by atoms with van der Waals surface area (Å²) >= 11 is 0. The van der Waals surface area contributed by atoms with E-state index in [4.69, 9.17) is 0 Å². The van der Waals surface area contributed by atoms with Gasteiger partial charge in [-0.2, -0.15) is 0 Å². The van der Waals surface area contributed by atoms with Crippen LogP contribution in [0.15, 0.2) is 0 Å². The summed E-state index contributed by atoms with van der Waals surface area (Å²) in [5.74, 6) is 0.0300. The van der Waals surface area contributed by atoms with Crippen molar-refractivity contribution in [2.24, 2.45) is 5.92 Å². The minimum atomic E-state index is -0.390. The Morgan fingerprint density at radius 2 is 2.05 bits per heavy atom. The number of hydrogen-bond acceptors (Lipinski definition) is 4. The zero-order valence-corrected chi connectivity index (χ0v) is 13.2. The van der Waals surface area contributed by atoms with E-state index in [1.54, 1.807) is 4.90 Å². The van der Waals surface area contributed by atoms with Gasteiger partial charge in [-0.1, -0.05) is 12.8 Å². The van der Waals surface area contributed by atoms with Crippen molar-refractivity contribution in [1.82, 2.24) is 15.5 Å². The second-order valence-electron chi connectivity index (χ2n) is 5.77. The molecule has 0 bridgehead atoms. The first kappa shape index (κ1) is 18.2. The minimum Gasteiger partial charge on any atom is -0.391 e. The number of amides is 2. The third-order valence-electron chi connectivity index (χ3n) is 4.12. The van der Waals surface area contributed by atoms with Crippen molar-refractivity contribution < 1.29 is 14.7 Å². The van der Waals surface area contributed by atoms with E-state index in [9.17, 15) is 14.7 Å². The largest absolute Gasteiger partial charge is 0.391 e. The van der Waals surface area contributed by atoms with E-state index >= 15 is 0 Å². The third-order valence-corrected chi connectivity index (χ3v) is 4.12. The van der Waals surface area contributed by atoms with Gasteiger partial charge >= 0.3 is 0 Å². The molecule has 0 saturated carbocycles. The van der Waals surface area contributed by atoms with Gasteiger partial charge in [0, 0.05) is 38.5 Å². The van der Waals surface area contributed by atoms with Crippen LogP contribution in [-0.4, -0.2) is 60.6 Å². The SMILES string of the molecule is Cl.O=C(CN1CCCCCCC1=O)NCC1CNCC1O. The lowest BCUT2D eigenvalue weighted by molar-refractivity contribution is -0.136. The molecule has 7 heteroatoms. The van der Waals surface area contributed by atoms with E-state index in [1.165, 1.54) is 0 Å². The summed E-state index contributed by atoms with van der Waals surface area (Å²) in [6.45, 7) is 2.61. The highest BCUT2D eigenvalue weighted by atomic mass is 35.5. The Balaban J connectivity index is 0.00000220. The maximum Gasteiger partial charge on any atom is 0.239 e. The molecule has 2 aliphatic heterocycles. The molecule has 0 spiro atoms. The van der Waals surface area contributed by atoms with Crippen molar-refractivity contribution in [3.8, 4) is 0 Å². The van der Waals surface area contributed by atoms with Gasteiger partial charge in [0.05, 0.1) is 12.6 Å². The molecule has 2 aliphatic rings. The summed E-state index contributed by atoms with van der Waals surface area (Å²) in [5.41, 5.74) is 0. The lowest BCUT2D eigenvalue weighted by Gasteiger charge is -2.24. The zero-order chi connectivity index (χ0) is 14.4.